The molecule has 184 valence electrons. The Morgan fingerprint density at radius 3 is 1.73 bits per heavy atom. The summed E-state index contributed by atoms with van der Waals surface area (Å²) in [5.74, 6) is -0.699. The molecule has 0 radical (unpaired) electrons. The number of aromatic nitrogens is 4. The third-order valence-electron chi connectivity index (χ3n) is 4.42. The zero-order chi connectivity index (χ0) is 25.5. The SMILES string of the molecule is C=C(C)c1nn(CC(=O)OCC)c(C)c1Cl.CCOC(=O)Cn1nc(C(C)(C)O)c(Cl)c1C. The monoisotopic (exact) mass is 502 g/mol. The summed E-state index contributed by atoms with van der Waals surface area (Å²) in [5.41, 5.74) is 2.01. The summed E-state index contributed by atoms with van der Waals surface area (Å²) in [6.45, 7) is 16.6. The highest BCUT2D eigenvalue weighted by atomic mass is 35.5. The number of carbonyl (C=O) groups excluding carboxylic acids is 2. The molecule has 0 aliphatic heterocycles. The van der Waals surface area contributed by atoms with Crippen LogP contribution in [-0.2, 0) is 37.8 Å². The van der Waals surface area contributed by atoms with Gasteiger partial charge in [0.1, 0.15) is 30.1 Å². The van der Waals surface area contributed by atoms with Crippen molar-refractivity contribution in [2.45, 2.75) is 67.2 Å². The molecule has 2 heterocycles. The number of carbonyl (C=O) groups is 2. The molecular weight excluding hydrogens is 471 g/mol. The Bertz CT molecular complexity index is 1010. The zero-order valence-corrected chi connectivity index (χ0v) is 21.7. The van der Waals surface area contributed by atoms with Gasteiger partial charge in [0.25, 0.3) is 0 Å². The molecule has 11 heteroatoms. The van der Waals surface area contributed by atoms with Crippen molar-refractivity contribution in [2.75, 3.05) is 13.2 Å². The van der Waals surface area contributed by atoms with E-state index in [-0.39, 0.29) is 25.0 Å². The van der Waals surface area contributed by atoms with Crippen molar-refractivity contribution in [2.24, 2.45) is 0 Å². The van der Waals surface area contributed by atoms with E-state index in [4.69, 9.17) is 32.7 Å². The molecular formula is C22H32Cl2N4O5. The van der Waals surface area contributed by atoms with Crippen LogP contribution in [-0.4, -0.2) is 49.8 Å². The number of halogens is 2. The maximum Gasteiger partial charge on any atom is 0.327 e. The topological polar surface area (TPSA) is 108 Å². The minimum Gasteiger partial charge on any atom is -0.465 e. The summed E-state index contributed by atoms with van der Waals surface area (Å²) in [7, 11) is 0. The zero-order valence-electron chi connectivity index (χ0n) is 20.2. The van der Waals surface area contributed by atoms with E-state index in [2.05, 4.69) is 16.8 Å². The van der Waals surface area contributed by atoms with E-state index < -0.39 is 5.60 Å². The van der Waals surface area contributed by atoms with Crippen molar-refractivity contribution in [1.29, 1.82) is 0 Å². The second-order valence-electron chi connectivity index (χ2n) is 7.76. The van der Waals surface area contributed by atoms with E-state index >= 15 is 0 Å². The van der Waals surface area contributed by atoms with Gasteiger partial charge in [-0.15, -0.1) is 0 Å². The summed E-state index contributed by atoms with van der Waals surface area (Å²) in [5, 5.41) is 19.1. The molecule has 0 aliphatic rings. The predicted molar refractivity (Wildman–Crippen MR) is 127 cm³/mol. The van der Waals surface area contributed by atoms with E-state index in [0.717, 1.165) is 11.3 Å². The lowest BCUT2D eigenvalue weighted by atomic mass is 10.1. The summed E-state index contributed by atoms with van der Waals surface area (Å²) >= 11 is 12.1. The van der Waals surface area contributed by atoms with Gasteiger partial charge in [-0.3, -0.25) is 19.0 Å². The van der Waals surface area contributed by atoms with Crippen molar-refractivity contribution < 1.29 is 24.2 Å². The predicted octanol–water partition coefficient (Wildman–Crippen LogP) is 4.08. The Hall–Kier alpha value is -2.36. The fourth-order valence-electron chi connectivity index (χ4n) is 2.68. The van der Waals surface area contributed by atoms with Crippen LogP contribution in [0.25, 0.3) is 5.57 Å². The van der Waals surface area contributed by atoms with Crippen molar-refractivity contribution in [3.05, 3.63) is 39.4 Å². The average Bonchev–Trinajstić information content (AvgIpc) is 3.14. The van der Waals surface area contributed by atoms with Gasteiger partial charge in [0.05, 0.1) is 34.6 Å². The first kappa shape index (κ1) is 28.7. The van der Waals surface area contributed by atoms with Crippen molar-refractivity contribution >= 4 is 40.7 Å². The minimum atomic E-state index is -1.14. The molecule has 0 aliphatic carbocycles. The average molecular weight is 503 g/mol. The molecule has 33 heavy (non-hydrogen) atoms. The summed E-state index contributed by atoms with van der Waals surface area (Å²) in [6.07, 6.45) is 0. The second kappa shape index (κ2) is 12.2. The molecule has 0 aromatic carbocycles. The number of rotatable bonds is 8. The highest BCUT2D eigenvalue weighted by molar-refractivity contribution is 6.32. The molecule has 2 aromatic heterocycles. The highest BCUT2D eigenvalue weighted by Crippen LogP contribution is 2.29. The molecule has 0 unspecified atom stereocenters. The molecule has 1 N–H and O–H groups in total. The van der Waals surface area contributed by atoms with Crippen LogP contribution < -0.4 is 0 Å². The van der Waals surface area contributed by atoms with Gasteiger partial charge in [-0.05, 0) is 54.0 Å². The number of hydrogen-bond donors (Lipinski definition) is 1. The summed E-state index contributed by atoms with van der Waals surface area (Å²) in [6, 6.07) is 0. The Kier molecular flexibility index (Phi) is 10.6. The van der Waals surface area contributed by atoms with Crippen LogP contribution >= 0.6 is 23.2 Å². The van der Waals surface area contributed by atoms with Gasteiger partial charge < -0.3 is 14.6 Å². The van der Waals surface area contributed by atoms with E-state index in [9.17, 15) is 14.7 Å². The third kappa shape index (κ3) is 7.87. The van der Waals surface area contributed by atoms with Gasteiger partial charge in [-0.25, -0.2) is 0 Å². The molecule has 0 spiro atoms. The lowest BCUT2D eigenvalue weighted by molar-refractivity contribution is -0.145. The Morgan fingerprint density at radius 2 is 1.39 bits per heavy atom. The van der Waals surface area contributed by atoms with Gasteiger partial charge in [0.2, 0.25) is 0 Å². The van der Waals surface area contributed by atoms with Crippen LogP contribution in [0.5, 0.6) is 0 Å². The summed E-state index contributed by atoms with van der Waals surface area (Å²) < 4.78 is 12.6. The quantitative estimate of drug-likeness (QED) is 0.541. The van der Waals surface area contributed by atoms with E-state index in [0.29, 0.717) is 40.3 Å². The first-order valence-corrected chi connectivity index (χ1v) is 11.2. The standard InChI is InChI=1S/C11H17ClN2O3.C11H15ClN2O2/c1-5-17-8(15)6-14-7(2)9(12)10(13-14)11(3,4)16;1-5-16-9(15)6-14-8(4)10(12)11(13-14)7(2)3/h16H,5-6H2,1-4H3;2,5-6H2,1,3-4H3. The Morgan fingerprint density at radius 1 is 0.970 bits per heavy atom. The largest absolute Gasteiger partial charge is 0.465 e. The fraction of sp³-hybridized carbons (Fsp3) is 0.545. The number of hydrogen-bond acceptors (Lipinski definition) is 7. The fourth-order valence-corrected chi connectivity index (χ4v) is 3.34. The van der Waals surface area contributed by atoms with Crippen LogP contribution in [0.15, 0.2) is 6.58 Å². The van der Waals surface area contributed by atoms with Crippen molar-refractivity contribution in [3.8, 4) is 0 Å². The lowest BCUT2D eigenvalue weighted by Crippen LogP contribution is -2.19. The molecule has 0 bridgehead atoms. The molecule has 0 atom stereocenters. The molecule has 2 rings (SSSR count). The smallest absolute Gasteiger partial charge is 0.327 e. The first-order valence-electron chi connectivity index (χ1n) is 10.4. The van der Waals surface area contributed by atoms with Crippen molar-refractivity contribution in [1.82, 2.24) is 19.6 Å². The Labute approximate surface area is 204 Å². The molecule has 0 saturated heterocycles. The van der Waals surface area contributed by atoms with Crippen LogP contribution in [0.2, 0.25) is 10.0 Å². The van der Waals surface area contributed by atoms with Gasteiger partial charge in [0, 0.05) is 0 Å². The molecule has 0 amide bonds. The first-order chi connectivity index (χ1) is 15.2. The van der Waals surface area contributed by atoms with Gasteiger partial charge >= 0.3 is 11.9 Å². The van der Waals surface area contributed by atoms with E-state index in [1.54, 1.807) is 41.5 Å². The van der Waals surface area contributed by atoms with Crippen molar-refractivity contribution in [3.63, 3.8) is 0 Å². The minimum absolute atomic E-state index is 0.00449. The normalized spacial score (nSPS) is 11.0. The highest BCUT2D eigenvalue weighted by Gasteiger charge is 2.26. The summed E-state index contributed by atoms with van der Waals surface area (Å²) in [4.78, 5) is 22.7. The van der Waals surface area contributed by atoms with Gasteiger partial charge in [-0.1, -0.05) is 29.8 Å². The molecule has 0 fully saturated rings. The van der Waals surface area contributed by atoms with E-state index in [1.807, 2.05) is 6.92 Å². The Balaban J connectivity index is 0.000000331. The lowest BCUT2D eigenvalue weighted by Gasteiger charge is -2.14. The number of allylic oxidation sites excluding steroid dienone is 1. The second-order valence-corrected chi connectivity index (χ2v) is 8.52. The number of esters is 2. The van der Waals surface area contributed by atoms with Crippen LogP contribution in [0.1, 0.15) is 57.4 Å². The maximum absolute atomic E-state index is 11.3. The molecule has 2 aromatic rings. The van der Waals surface area contributed by atoms with E-state index in [1.165, 1.54) is 9.36 Å². The number of aliphatic hydroxyl groups is 1. The molecule has 9 nitrogen and oxygen atoms in total. The van der Waals surface area contributed by atoms with Crippen LogP contribution in [0.3, 0.4) is 0 Å². The molecule has 0 saturated carbocycles. The van der Waals surface area contributed by atoms with Crippen LogP contribution in [0.4, 0.5) is 0 Å². The third-order valence-corrected chi connectivity index (χ3v) is 5.32. The maximum atomic E-state index is 11.3. The van der Waals surface area contributed by atoms with Crippen LogP contribution in [0, 0.1) is 13.8 Å². The number of ether oxygens (including phenoxy) is 2. The van der Waals surface area contributed by atoms with Gasteiger partial charge in [-0.2, -0.15) is 10.2 Å². The van der Waals surface area contributed by atoms with Gasteiger partial charge in [0.15, 0.2) is 0 Å². The number of nitrogens with zero attached hydrogens (tertiary/aromatic N) is 4.